The summed E-state index contributed by atoms with van der Waals surface area (Å²) < 4.78 is 59.1. The average Bonchev–Trinajstić information content (AvgIpc) is 3.24. The molecule has 0 aromatic rings. The normalized spacial score (nSPS) is 20.5. The fourth-order valence-electron chi connectivity index (χ4n) is 7.01. The molecule has 1 rings (SSSR count). The van der Waals surface area contributed by atoms with Crippen LogP contribution in [0.5, 0.6) is 0 Å². The standard InChI is InChI=1S/C49H86O12S/c1-3-5-7-9-11-13-15-17-19-21-22-23-24-26-28-30-32-34-36-38-45(51)59-43(42-58-49-47(53)48(61-62(54,55)56)46(52)44(40-50)60-49)41-57-39-37-35-33-31-29-27-25-20-18-16-14-12-10-8-6-4-2/h6,8,12,14,17-20,27,29,43-44,46-50,52-53H,3-5,7,9-11,13,15-16,21-26,28,30-42H2,1-2H3,(H,54,55,56)/b8-6-,14-12-,19-17-,20-18-,29-27-. The van der Waals surface area contributed by atoms with Crippen molar-refractivity contribution in [3.05, 3.63) is 60.8 Å². The second-order valence-electron chi connectivity index (χ2n) is 16.3. The summed E-state index contributed by atoms with van der Waals surface area (Å²) in [6, 6.07) is 0. The number of hydrogen-bond donors (Lipinski definition) is 4. The van der Waals surface area contributed by atoms with Gasteiger partial charge in [-0.1, -0.05) is 158 Å². The van der Waals surface area contributed by atoms with E-state index in [2.05, 4.69) is 78.8 Å². The lowest BCUT2D eigenvalue weighted by Gasteiger charge is -2.41. The summed E-state index contributed by atoms with van der Waals surface area (Å²) in [5.41, 5.74) is 0. The maximum Gasteiger partial charge on any atom is 0.397 e. The van der Waals surface area contributed by atoms with Gasteiger partial charge in [-0.3, -0.25) is 9.35 Å². The molecule has 1 aliphatic heterocycles. The minimum absolute atomic E-state index is 0.0118. The number of ether oxygens (including phenoxy) is 4. The minimum Gasteiger partial charge on any atom is -0.457 e. The molecule has 1 fully saturated rings. The van der Waals surface area contributed by atoms with E-state index in [0.717, 1.165) is 70.6 Å². The highest BCUT2D eigenvalue weighted by atomic mass is 32.3. The maximum atomic E-state index is 12.9. The highest BCUT2D eigenvalue weighted by molar-refractivity contribution is 7.80. The Labute approximate surface area is 376 Å². The van der Waals surface area contributed by atoms with Gasteiger partial charge >= 0.3 is 16.4 Å². The topological polar surface area (TPSA) is 178 Å². The molecule has 360 valence electrons. The zero-order chi connectivity index (χ0) is 45.4. The van der Waals surface area contributed by atoms with Crippen molar-refractivity contribution in [3.8, 4) is 0 Å². The van der Waals surface area contributed by atoms with Gasteiger partial charge in [-0.15, -0.1) is 0 Å². The molecular formula is C49H86O12S. The van der Waals surface area contributed by atoms with Gasteiger partial charge in [-0.2, -0.15) is 8.42 Å². The number of allylic oxidation sites excluding steroid dienone is 10. The van der Waals surface area contributed by atoms with Crippen molar-refractivity contribution < 1.29 is 56.2 Å². The number of carbonyl (C=O) groups excluding carboxylic acids is 1. The lowest BCUT2D eigenvalue weighted by Crippen LogP contribution is -2.60. The number of esters is 1. The van der Waals surface area contributed by atoms with E-state index < -0.39 is 59.8 Å². The molecule has 0 saturated carbocycles. The predicted octanol–water partition coefficient (Wildman–Crippen LogP) is 10.5. The summed E-state index contributed by atoms with van der Waals surface area (Å²) in [6.45, 7) is 3.79. The maximum absolute atomic E-state index is 12.9. The lowest BCUT2D eigenvalue weighted by molar-refractivity contribution is -0.301. The highest BCUT2D eigenvalue weighted by Crippen LogP contribution is 2.26. The fraction of sp³-hybridized carbons (Fsp3) is 0.776. The molecule has 6 atom stereocenters. The highest BCUT2D eigenvalue weighted by Gasteiger charge is 2.48. The number of rotatable bonds is 41. The van der Waals surface area contributed by atoms with Crippen LogP contribution in [0.4, 0.5) is 0 Å². The van der Waals surface area contributed by atoms with Crippen molar-refractivity contribution in [2.24, 2.45) is 0 Å². The summed E-state index contributed by atoms with van der Waals surface area (Å²) in [5.74, 6) is -0.414. The second-order valence-corrected chi connectivity index (χ2v) is 17.4. The van der Waals surface area contributed by atoms with Gasteiger partial charge in [0.25, 0.3) is 0 Å². The van der Waals surface area contributed by atoms with Gasteiger partial charge in [-0.05, 0) is 77.0 Å². The SMILES string of the molecule is CC/C=C\C/C=C\C/C=C\C/C=C\CCCCCOCC(COC1OC(CO)C(O)C(OS(=O)(=O)O)C1O)OC(=O)CCCCCCCCCCC/C=C\CCCCCCCC. The van der Waals surface area contributed by atoms with Crippen LogP contribution in [0.15, 0.2) is 60.8 Å². The Morgan fingerprint density at radius 3 is 1.65 bits per heavy atom. The fourth-order valence-corrected chi connectivity index (χ4v) is 7.52. The molecule has 1 saturated heterocycles. The smallest absolute Gasteiger partial charge is 0.397 e. The molecule has 0 spiro atoms. The third kappa shape index (κ3) is 33.3. The Kier molecular flexibility index (Phi) is 37.6. The summed E-state index contributed by atoms with van der Waals surface area (Å²) >= 11 is 0. The zero-order valence-corrected chi connectivity index (χ0v) is 39.2. The van der Waals surface area contributed by atoms with E-state index in [9.17, 15) is 33.1 Å². The first-order chi connectivity index (χ1) is 30.1. The number of aliphatic hydroxyl groups excluding tert-OH is 3. The van der Waals surface area contributed by atoms with Crippen molar-refractivity contribution in [2.45, 2.75) is 218 Å². The Bertz CT molecular complexity index is 1310. The zero-order valence-electron chi connectivity index (χ0n) is 38.4. The molecule has 13 heteroatoms. The minimum atomic E-state index is -5.07. The molecule has 62 heavy (non-hydrogen) atoms. The molecule has 0 aromatic carbocycles. The summed E-state index contributed by atoms with van der Waals surface area (Å²) in [5, 5.41) is 30.7. The van der Waals surface area contributed by atoms with Crippen LogP contribution in [0, 0.1) is 0 Å². The van der Waals surface area contributed by atoms with Crippen LogP contribution >= 0.6 is 0 Å². The van der Waals surface area contributed by atoms with Crippen LogP contribution in [0.25, 0.3) is 0 Å². The largest absolute Gasteiger partial charge is 0.457 e. The van der Waals surface area contributed by atoms with E-state index in [4.69, 9.17) is 18.9 Å². The Hall–Kier alpha value is -2.20. The molecule has 0 amide bonds. The lowest BCUT2D eigenvalue weighted by atomic mass is 9.99. The first-order valence-electron chi connectivity index (χ1n) is 24.0. The summed E-state index contributed by atoms with van der Waals surface area (Å²) in [4.78, 5) is 12.9. The van der Waals surface area contributed by atoms with Crippen LogP contribution in [-0.2, 0) is 38.3 Å². The molecule has 0 radical (unpaired) electrons. The number of unbranched alkanes of at least 4 members (excludes halogenated alkanes) is 18. The Morgan fingerprint density at radius 1 is 0.629 bits per heavy atom. The summed E-state index contributed by atoms with van der Waals surface area (Å²) in [7, 11) is -5.07. The Balaban J connectivity index is 2.42. The molecule has 6 unspecified atom stereocenters. The average molecular weight is 899 g/mol. The van der Waals surface area contributed by atoms with Gasteiger partial charge in [0.2, 0.25) is 0 Å². The molecule has 0 bridgehead atoms. The third-order valence-electron chi connectivity index (χ3n) is 10.6. The first-order valence-corrected chi connectivity index (χ1v) is 25.4. The van der Waals surface area contributed by atoms with Gasteiger partial charge in [0.15, 0.2) is 6.29 Å². The van der Waals surface area contributed by atoms with Gasteiger partial charge in [-0.25, -0.2) is 4.18 Å². The third-order valence-corrected chi connectivity index (χ3v) is 11.1. The second kappa shape index (κ2) is 40.3. The predicted molar refractivity (Wildman–Crippen MR) is 248 cm³/mol. The number of hydrogen-bond acceptors (Lipinski definition) is 11. The van der Waals surface area contributed by atoms with E-state index >= 15 is 0 Å². The molecule has 1 heterocycles. The molecule has 0 aromatic heterocycles. The van der Waals surface area contributed by atoms with Crippen LogP contribution in [-0.4, -0.2) is 97.5 Å². The quantitative estimate of drug-likeness (QED) is 0.0198. The van der Waals surface area contributed by atoms with Crippen LogP contribution in [0.3, 0.4) is 0 Å². The monoisotopic (exact) mass is 899 g/mol. The molecule has 12 nitrogen and oxygen atoms in total. The van der Waals surface area contributed by atoms with Crippen molar-refractivity contribution in [1.29, 1.82) is 0 Å². The van der Waals surface area contributed by atoms with Crippen molar-refractivity contribution in [1.82, 2.24) is 0 Å². The number of carbonyl (C=O) groups is 1. The van der Waals surface area contributed by atoms with Gasteiger partial charge in [0.05, 0.1) is 19.8 Å². The summed E-state index contributed by atoms with van der Waals surface area (Å²) in [6.07, 6.45) is 41.1. The first kappa shape index (κ1) is 57.8. The molecule has 0 aliphatic carbocycles. The van der Waals surface area contributed by atoms with Gasteiger partial charge in [0, 0.05) is 13.0 Å². The molecule has 1 aliphatic rings. The Morgan fingerprint density at radius 2 is 1.11 bits per heavy atom. The van der Waals surface area contributed by atoms with Gasteiger partial charge < -0.3 is 34.3 Å². The van der Waals surface area contributed by atoms with Gasteiger partial charge in [0.1, 0.15) is 30.5 Å². The van der Waals surface area contributed by atoms with E-state index in [-0.39, 0.29) is 19.6 Å². The van der Waals surface area contributed by atoms with Crippen molar-refractivity contribution in [2.75, 3.05) is 26.4 Å². The van der Waals surface area contributed by atoms with Crippen molar-refractivity contribution in [3.63, 3.8) is 0 Å². The van der Waals surface area contributed by atoms with Crippen molar-refractivity contribution >= 4 is 16.4 Å². The van der Waals surface area contributed by atoms with E-state index in [1.54, 1.807) is 0 Å². The van der Waals surface area contributed by atoms with E-state index in [1.807, 2.05) is 0 Å². The van der Waals surface area contributed by atoms with Crippen LogP contribution < -0.4 is 0 Å². The van der Waals surface area contributed by atoms with E-state index in [1.165, 1.54) is 83.5 Å². The number of aliphatic hydroxyl groups is 3. The van der Waals surface area contributed by atoms with Crippen LogP contribution in [0.1, 0.15) is 181 Å². The van der Waals surface area contributed by atoms with Crippen LogP contribution in [0.2, 0.25) is 0 Å². The van der Waals surface area contributed by atoms with E-state index in [0.29, 0.717) is 13.0 Å². The molecule has 4 N–H and O–H groups in total. The molecular weight excluding hydrogens is 813 g/mol.